The highest BCUT2D eigenvalue weighted by Crippen LogP contribution is 2.43. The molecule has 1 aromatic heterocycles. The Bertz CT molecular complexity index is 1310. The third-order valence-corrected chi connectivity index (χ3v) is 5.43. The van der Waals surface area contributed by atoms with Gasteiger partial charge in [-0.1, -0.05) is 18.2 Å². The molecule has 7 heteroatoms. The number of para-hydroxylation sites is 1. The first kappa shape index (κ1) is 22.0. The Kier molecular flexibility index (Phi) is 6.04. The molecule has 0 saturated carbocycles. The summed E-state index contributed by atoms with van der Waals surface area (Å²) >= 11 is 0. The molecule has 1 heterocycles. The SMILES string of the molecule is COc1ccc(-c2cc(C(=O)O)c3cccc(-c4cc(OC)c(OC)c(OC)c4)c3n2)cc1. The van der Waals surface area contributed by atoms with Gasteiger partial charge in [0.05, 0.1) is 45.2 Å². The molecule has 0 atom stereocenters. The zero-order chi connectivity index (χ0) is 23.5. The van der Waals surface area contributed by atoms with Gasteiger partial charge in [0.2, 0.25) is 5.75 Å². The van der Waals surface area contributed by atoms with E-state index in [1.807, 2.05) is 48.5 Å². The van der Waals surface area contributed by atoms with E-state index in [-0.39, 0.29) is 5.56 Å². The highest BCUT2D eigenvalue weighted by atomic mass is 16.5. The van der Waals surface area contributed by atoms with Crippen LogP contribution in [0.1, 0.15) is 10.4 Å². The zero-order valence-electron chi connectivity index (χ0n) is 18.7. The maximum atomic E-state index is 12.1. The van der Waals surface area contributed by atoms with Crippen LogP contribution in [0.15, 0.2) is 60.7 Å². The zero-order valence-corrected chi connectivity index (χ0v) is 18.7. The fraction of sp³-hybridized carbons (Fsp3) is 0.154. The van der Waals surface area contributed by atoms with Gasteiger partial charge in [-0.15, -0.1) is 0 Å². The predicted octanol–water partition coefficient (Wildman–Crippen LogP) is 5.30. The molecule has 0 bridgehead atoms. The van der Waals surface area contributed by atoms with E-state index in [9.17, 15) is 9.90 Å². The minimum atomic E-state index is -1.03. The average Bonchev–Trinajstić information content (AvgIpc) is 2.86. The molecular weight excluding hydrogens is 422 g/mol. The maximum absolute atomic E-state index is 12.1. The van der Waals surface area contributed by atoms with Gasteiger partial charge in [-0.25, -0.2) is 9.78 Å². The number of hydrogen-bond acceptors (Lipinski definition) is 6. The van der Waals surface area contributed by atoms with E-state index < -0.39 is 5.97 Å². The number of carbonyl (C=O) groups is 1. The van der Waals surface area contributed by atoms with Gasteiger partial charge in [0.15, 0.2) is 11.5 Å². The molecule has 168 valence electrons. The van der Waals surface area contributed by atoms with Crippen LogP contribution in [0.2, 0.25) is 0 Å². The molecular formula is C26H23NO6. The van der Waals surface area contributed by atoms with Crippen molar-refractivity contribution in [2.24, 2.45) is 0 Å². The summed E-state index contributed by atoms with van der Waals surface area (Å²) in [6, 6.07) is 18.0. The highest BCUT2D eigenvalue weighted by molar-refractivity contribution is 6.07. The van der Waals surface area contributed by atoms with Gasteiger partial charge in [-0.3, -0.25) is 0 Å². The monoisotopic (exact) mass is 445 g/mol. The van der Waals surface area contributed by atoms with E-state index in [1.165, 1.54) is 0 Å². The molecule has 0 fully saturated rings. The first-order valence-corrected chi connectivity index (χ1v) is 10.1. The van der Waals surface area contributed by atoms with Crippen LogP contribution in [0.3, 0.4) is 0 Å². The summed E-state index contributed by atoms with van der Waals surface area (Å²) in [5.74, 6) is 1.14. The fourth-order valence-corrected chi connectivity index (χ4v) is 3.80. The molecule has 0 aliphatic carbocycles. The summed E-state index contributed by atoms with van der Waals surface area (Å²) in [6.07, 6.45) is 0. The number of aromatic nitrogens is 1. The van der Waals surface area contributed by atoms with Crippen molar-refractivity contribution in [2.75, 3.05) is 28.4 Å². The molecule has 0 aliphatic heterocycles. The van der Waals surface area contributed by atoms with Crippen molar-refractivity contribution >= 4 is 16.9 Å². The van der Waals surface area contributed by atoms with Crippen molar-refractivity contribution in [1.29, 1.82) is 0 Å². The molecule has 0 spiro atoms. The number of methoxy groups -OCH3 is 4. The van der Waals surface area contributed by atoms with Crippen LogP contribution in [0.25, 0.3) is 33.3 Å². The van der Waals surface area contributed by atoms with Gasteiger partial charge in [0.25, 0.3) is 0 Å². The lowest BCUT2D eigenvalue weighted by atomic mass is 9.97. The molecule has 4 aromatic rings. The van der Waals surface area contributed by atoms with Crippen LogP contribution in [-0.2, 0) is 0 Å². The highest BCUT2D eigenvalue weighted by Gasteiger charge is 2.19. The molecule has 0 saturated heterocycles. The molecule has 0 unspecified atom stereocenters. The van der Waals surface area contributed by atoms with Crippen molar-refractivity contribution in [2.45, 2.75) is 0 Å². The smallest absolute Gasteiger partial charge is 0.336 e. The summed E-state index contributed by atoms with van der Waals surface area (Å²) in [5, 5.41) is 10.5. The van der Waals surface area contributed by atoms with Gasteiger partial charge in [0, 0.05) is 16.5 Å². The number of pyridine rings is 1. The second-order valence-corrected chi connectivity index (χ2v) is 7.20. The minimum absolute atomic E-state index is 0.167. The second-order valence-electron chi connectivity index (χ2n) is 7.20. The molecule has 33 heavy (non-hydrogen) atoms. The summed E-state index contributed by atoms with van der Waals surface area (Å²) < 4.78 is 21.7. The number of ether oxygens (including phenoxy) is 4. The molecule has 1 N–H and O–H groups in total. The van der Waals surface area contributed by atoms with Crippen molar-refractivity contribution < 1.29 is 28.8 Å². The Labute approximate surface area is 191 Å². The standard InChI is InChI=1S/C26H23NO6/c1-30-17-10-8-15(9-11-17)21-14-20(26(28)29)19-7-5-6-18(24(19)27-21)16-12-22(31-2)25(33-4)23(13-16)32-3/h5-14H,1-4H3,(H,28,29). The van der Waals surface area contributed by atoms with E-state index in [2.05, 4.69) is 0 Å². The normalized spacial score (nSPS) is 10.7. The number of carboxylic acid groups (broad SMARTS) is 1. The molecule has 0 amide bonds. The van der Waals surface area contributed by atoms with E-state index in [0.717, 1.165) is 16.7 Å². The Morgan fingerprint density at radius 3 is 2.00 bits per heavy atom. The van der Waals surface area contributed by atoms with E-state index in [0.29, 0.717) is 39.6 Å². The van der Waals surface area contributed by atoms with Crippen molar-refractivity contribution in [1.82, 2.24) is 4.98 Å². The number of hydrogen-bond donors (Lipinski definition) is 1. The Balaban J connectivity index is 2.00. The third-order valence-electron chi connectivity index (χ3n) is 5.43. The van der Waals surface area contributed by atoms with Crippen molar-refractivity contribution in [3.8, 4) is 45.4 Å². The number of fused-ring (bicyclic) bond motifs is 1. The Morgan fingerprint density at radius 1 is 0.788 bits per heavy atom. The van der Waals surface area contributed by atoms with E-state index in [4.69, 9.17) is 23.9 Å². The molecule has 7 nitrogen and oxygen atoms in total. The number of rotatable bonds is 7. The number of nitrogens with zero attached hydrogens (tertiary/aromatic N) is 1. The van der Waals surface area contributed by atoms with Gasteiger partial charge in [-0.05, 0) is 48.0 Å². The number of benzene rings is 3. The van der Waals surface area contributed by atoms with Crippen molar-refractivity contribution in [3.63, 3.8) is 0 Å². The molecule has 0 radical (unpaired) electrons. The fourth-order valence-electron chi connectivity index (χ4n) is 3.80. The number of aromatic carboxylic acids is 1. The largest absolute Gasteiger partial charge is 0.497 e. The maximum Gasteiger partial charge on any atom is 0.336 e. The van der Waals surface area contributed by atoms with Crippen LogP contribution in [-0.4, -0.2) is 44.5 Å². The van der Waals surface area contributed by atoms with Crippen LogP contribution in [0, 0.1) is 0 Å². The lowest BCUT2D eigenvalue weighted by Gasteiger charge is -2.16. The van der Waals surface area contributed by atoms with Crippen LogP contribution >= 0.6 is 0 Å². The Morgan fingerprint density at radius 2 is 1.45 bits per heavy atom. The lowest BCUT2D eigenvalue weighted by Crippen LogP contribution is -2.01. The first-order chi connectivity index (χ1) is 16.0. The molecule has 0 aliphatic rings. The summed E-state index contributed by atoms with van der Waals surface area (Å²) in [7, 11) is 6.23. The van der Waals surface area contributed by atoms with Crippen LogP contribution in [0.4, 0.5) is 0 Å². The van der Waals surface area contributed by atoms with Gasteiger partial charge in [-0.2, -0.15) is 0 Å². The first-order valence-electron chi connectivity index (χ1n) is 10.1. The predicted molar refractivity (Wildman–Crippen MR) is 126 cm³/mol. The van der Waals surface area contributed by atoms with E-state index in [1.54, 1.807) is 40.6 Å². The van der Waals surface area contributed by atoms with Gasteiger partial charge >= 0.3 is 5.97 Å². The summed E-state index contributed by atoms with van der Waals surface area (Å²) in [6.45, 7) is 0. The summed E-state index contributed by atoms with van der Waals surface area (Å²) in [4.78, 5) is 17.0. The average molecular weight is 445 g/mol. The second kappa shape index (κ2) is 9.08. The van der Waals surface area contributed by atoms with E-state index >= 15 is 0 Å². The molecule has 4 rings (SSSR count). The third kappa shape index (κ3) is 4.01. The lowest BCUT2D eigenvalue weighted by molar-refractivity contribution is 0.0699. The quantitative estimate of drug-likeness (QED) is 0.413. The molecule has 3 aromatic carbocycles. The minimum Gasteiger partial charge on any atom is -0.497 e. The Hall–Kier alpha value is -4.26. The topological polar surface area (TPSA) is 87.1 Å². The summed E-state index contributed by atoms with van der Waals surface area (Å²) in [5.41, 5.74) is 3.54. The van der Waals surface area contributed by atoms with Gasteiger partial charge in [0.1, 0.15) is 5.75 Å². The van der Waals surface area contributed by atoms with Crippen LogP contribution in [0.5, 0.6) is 23.0 Å². The van der Waals surface area contributed by atoms with Gasteiger partial charge < -0.3 is 24.1 Å². The number of carboxylic acids is 1. The van der Waals surface area contributed by atoms with Crippen molar-refractivity contribution in [3.05, 3.63) is 66.2 Å². The van der Waals surface area contributed by atoms with Crippen LogP contribution < -0.4 is 18.9 Å².